The highest BCUT2D eigenvalue weighted by atomic mass is 35.5. The molecule has 1 N–H and O–H groups in total. The van der Waals surface area contributed by atoms with E-state index in [1.54, 1.807) is 43.3 Å². The smallest absolute Gasteiger partial charge is 0.264 e. The van der Waals surface area contributed by atoms with Crippen LogP contribution in [0.2, 0.25) is 20.1 Å². The lowest BCUT2D eigenvalue weighted by Crippen LogP contribution is -2.51. The highest BCUT2D eigenvalue weighted by Gasteiger charge is 2.34. The molecule has 39 heavy (non-hydrogen) atoms. The number of hydrogen-bond acceptors (Lipinski definition) is 4. The molecular weight excluding hydrogens is 604 g/mol. The number of nitrogens with zero attached hydrogens (tertiary/aromatic N) is 2. The largest absolute Gasteiger partial charge is 0.354 e. The molecule has 0 aliphatic carbocycles. The van der Waals surface area contributed by atoms with Gasteiger partial charge in [-0.05, 0) is 49.7 Å². The molecule has 3 rings (SSSR count). The molecule has 12 heteroatoms. The molecule has 0 fully saturated rings. The number of amides is 2. The standard InChI is InChI=1S/C27H27Cl4N3O4S/c1-3-15-32-27(36)18(2)33(16-20-21(28)11-7-12-22(20)29)25(35)17-34(24-14-8-13-23(30)26(24)31)39(37,38)19-9-5-4-6-10-19/h4-14,18H,3,15-17H2,1-2H3,(H,32,36)/t18-/m0/s1. The molecule has 0 unspecified atom stereocenters. The Balaban J connectivity index is 2.09. The zero-order valence-electron chi connectivity index (χ0n) is 21.2. The molecule has 0 aliphatic rings. The van der Waals surface area contributed by atoms with Crippen LogP contribution in [0, 0.1) is 0 Å². The fourth-order valence-corrected chi connectivity index (χ4v) is 6.16. The number of carbonyl (C=O) groups is 2. The summed E-state index contributed by atoms with van der Waals surface area (Å²) in [4.78, 5) is 28.1. The van der Waals surface area contributed by atoms with Crippen molar-refractivity contribution in [1.82, 2.24) is 10.2 Å². The second-order valence-corrected chi connectivity index (χ2v) is 12.0. The number of carbonyl (C=O) groups excluding carboxylic acids is 2. The highest BCUT2D eigenvalue weighted by Crippen LogP contribution is 2.36. The number of sulfonamides is 1. The van der Waals surface area contributed by atoms with Gasteiger partial charge in [0.25, 0.3) is 10.0 Å². The first-order chi connectivity index (χ1) is 18.5. The molecule has 0 heterocycles. The van der Waals surface area contributed by atoms with Crippen LogP contribution in [-0.2, 0) is 26.2 Å². The van der Waals surface area contributed by atoms with Gasteiger partial charge in [0.2, 0.25) is 11.8 Å². The first-order valence-corrected chi connectivity index (χ1v) is 15.0. The lowest BCUT2D eigenvalue weighted by atomic mass is 10.1. The quantitative estimate of drug-likeness (QED) is 0.264. The Bertz CT molecular complexity index is 1420. The van der Waals surface area contributed by atoms with Crippen molar-refractivity contribution in [2.24, 2.45) is 0 Å². The molecule has 3 aromatic carbocycles. The van der Waals surface area contributed by atoms with E-state index in [2.05, 4.69) is 5.32 Å². The maximum Gasteiger partial charge on any atom is 0.264 e. The Morgan fingerprint density at radius 2 is 1.46 bits per heavy atom. The Hall–Kier alpha value is -2.49. The molecule has 0 saturated carbocycles. The average Bonchev–Trinajstić information content (AvgIpc) is 2.92. The van der Waals surface area contributed by atoms with E-state index >= 15 is 0 Å². The number of benzene rings is 3. The summed E-state index contributed by atoms with van der Waals surface area (Å²) in [5, 5.41) is 3.44. The molecule has 2 amide bonds. The highest BCUT2D eigenvalue weighted by molar-refractivity contribution is 7.92. The minimum absolute atomic E-state index is 0.0141. The van der Waals surface area contributed by atoms with E-state index < -0.39 is 34.4 Å². The van der Waals surface area contributed by atoms with E-state index in [-0.39, 0.29) is 27.2 Å². The number of hydrogen-bond donors (Lipinski definition) is 1. The topological polar surface area (TPSA) is 86.8 Å². The molecule has 0 saturated heterocycles. The Morgan fingerprint density at radius 3 is 2.08 bits per heavy atom. The molecule has 7 nitrogen and oxygen atoms in total. The molecule has 0 aromatic heterocycles. The normalized spacial score (nSPS) is 12.1. The van der Waals surface area contributed by atoms with Crippen LogP contribution < -0.4 is 9.62 Å². The van der Waals surface area contributed by atoms with Crippen LogP contribution in [0.4, 0.5) is 5.69 Å². The van der Waals surface area contributed by atoms with Gasteiger partial charge in [0.15, 0.2) is 0 Å². The minimum Gasteiger partial charge on any atom is -0.354 e. The first kappa shape index (κ1) is 31.0. The average molecular weight is 631 g/mol. The van der Waals surface area contributed by atoms with Crippen LogP contribution in [0.15, 0.2) is 71.6 Å². The summed E-state index contributed by atoms with van der Waals surface area (Å²) in [7, 11) is -4.28. The first-order valence-electron chi connectivity index (χ1n) is 12.0. The number of anilines is 1. The zero-order valence-corrected chi connectivity index (χ0v) is 25.0. The van der Waals surface area contributed by atoms with Crippen molar-refractivity contribution in [2.75, 3.05) is 17.4 Å². The Kier molecular flexibility index (Phi) is 10.9. The summed E-state index contributed by atoms with van der Waals surface area (Å²) in [6, 6.07) is 16.0. The molecule has 0 spiro atoms. The van der Waals surface area contributed by atoms with Crippen molar-refractivity contribution in [3.63, 3.8) is 0 Å². The molecule has 0 bridgehead atoms. The van der Waals surface area contributed by atoms with Gasteiger partial charge in [0.05, 0.1) is 20.6 Å². The number of nitrogens with one attached hydrogen (secondary N) is 1. The summed E-state index contributed by atoms with van der Waals surface area (Å²) in [5.74, 6) is -1.09. The third-order valence-electron chi connectivity index (χ3n) is 5.92. The summed E-state index contributed by atoms with van der Waals surface area (Å²) in [5.41, 5.74) is 0.433. The SMILES string of the molecule is CCCNC(=O)[C@H](C)N(Cc1c(Cl)cccc1Cl)C(=O)CN(c1cccc(Cl)c1Cl)S(=O)(=O)c1ccccc1. The van der Waals surface area contributed by atoms with E-state index in [4.69, 9.17) is 46.4 Å². The van der Waals surface area contributed by atoms with E-state index in [9.17, 15) is 18.0 Å². The minimum atomic E-state index is -4.28. The fraction of sp³-hybridized carbons (Fsp3) is 0.259. The van der Waals surface area contributed by atoms with E-state index in [1.165, 1.54) is 35.2 Å². The van der Waals surface area contributed by atoms with Crippen molar-refractivity contribution in [1.29, 1.82) is 0 Å². The Morgan fingerprint density at radius 1 is 0.872 bits per heavy atom. The van der Waals surface area contributed by atoms with Crippen molar-refractivity contribution >= 4 is 73.9 Å². The molecule has 208 valence electrons. The van der Waals surface area contributed by atoms with E-state index in [0.717, 1.165) is 4.31 Å². The lowest BCUT2D eigenvalue weighted by molar-refractivity contribution is -0.139. The Labute approximate surface area is 248 Å². The van der Waals surface area contributed by atoms with Gasteiger partial charge in [-0.15, -0.1) is 0 Å². The van der Waals surface area contributed by atoms with Gasteiger partial charge in [0.1, 0.15) is 12.6 Å². The fourth-order valence-electron chi connectivity index (χ4n) is 3.75. The predicted octanol–water partition coefficient (Wildman–Crippen LogP) is 6.44. The molecular formula is C27H27Cl4N3O4S. The van der Waals surface area contributed by atoms with Crippen LogP contribution in [0.3, 0.4) is 0 Å². The van der Waals surface area contributed by atoms with Crippen molar-refractivity contribution in [3.8, 4) is 0 Å². The number of halogens is 4. The second-order valence-electron chi connectivity index (χ2n) is 8.59. The van der Waals surface area contributed by atoms with E-state index in [1.807, 2.05) is 6.92 Å². The van der Waals surface area contributed by atoms with Crippen LogP contribution in [0.5, 0.6) is 0 Å². The van der Waals surface area contributed by atoms with Gasteiger partial charge >= 0.3 is 0 Å². The van der Waals surface area contributed by atoms with Gasteiger partial charge in [-0.25, -0.2) is 8.42 Å². The van der Waals surface area contributed by atoms with Gasteiger partial charge < -0.3 is 10.2 Å². The summed E-state index contributed by atoms with van der Waals surface area (Å²) >= 11 is 25.4. The van der Waals surface area contributed by atoms with Gasteiger partial charge in [-0.3, -0.25) is 13.9 Å². The van der Waals surface area contributed by atoms with Crippen LogP contribution in [0.1, 0.15) is 25.8 Å². The summed E-state index contributed by atoms with van der Waals surface area (Å²) in [6.07, 6.45) is 0.694. The van der Waals surface area contributed by atoms with Gasteiger partial charge in [0, 0.05) is 28.7 Å². The van der Waals surface area contributed by atoms with Crippen LogP contribution in [-0.4, -0.2) is 44.3 Å². The predicted molar refractivity (Wildman–Crippen MR) is 157 cm³/mol. The van der Waals surface area contributed by atoms with Gasteiger partial charge in [-0.2, -0.15) is 0 Å². The van der Waals surface area contributed by atoms with Crippen molar-refractivity contribution in [2.45, 2.75) is 37.8 Å². The van der Waals surface area contributed by atoms with Gasteiger partial charge in [-0.1, -0.05) is 83.7 Å². The molecule has 1 atom stereocenters. The second kappa shape index (κ2) is 13.7. The monoisotopic (exact) mass is 629 g/mol. The molecule has 0 aliphatic heterocycles. The maximum atomic E-state index is 13.9. The third-order valence-corrected chi connectivity index (χ3v) is 9.21. The van der Waals surface area contributed by atoms with Crippen LogP contribution >= 0.6 is 46.4 Å². The van der Waals surface area contributed by atoms with Crippen LogP contribution in [0.25, 0.3) is 0 Å². The molecule has 0 radical (unpaired) electrons. The zero-order chi connectivity index (χ0) is 28.7. The van der Waals surface area contributed by atoms with Crippen molar-refractivity contribution < 1.29 is 18.0 Å². The third kappa shape index (κ3) is 7.38. The summed E-state index contributed by atoms with van der Waals surface area (Å²) in [6.45, 7) is 3.05. The lowest BCUT2D eigenvalue weighted by Gasteiger charge is -2.32. The van der Waals surface area contributed by atoms with E-state index in [0.29, 0.717) is 28.6 Å². The summed E-state index contributed by atoms with van der Waals surface area (Å²) < 4.78 is 28.5. The maximum absolute atomic E-state index is 13.9. The van der Waals surface area contributed by atoms with Crippen molar-refractivity contribution in [3.05, 3.63) is 92.4 Å². The molecule has 3 aromatic rings. The number of rotatable bonds is 11.